The Morgan fingerprint density at radius 2 is 2.00 bits per heavy atom. The molecule has 0 bridgehead atoms. The predicted octanol–water partition coefficient (Wildman–Crippen LogP) is 1.16. The number of nitrogens with zero attached hydrogens (tertiary/aromatic N) is 4. The summed E-state index contributed by atoms with van der Waals surface area (Å²) in [6.45, 7) is 4.43. The molecule has 3 heterocycles. The number of hydrogen-bond donors (Lipinski definition) is 1. The molecular weight excluding hydrogens is 290 g/mol. The number of anilines is 1. The highest BCUT2D eigenvalue weighted by Crippen LogP contribution is 2.16. The van der Waals surface area contributed by atoms with Crippen molar-refractivity contribution in [2.45, 2.75) is 6.54 Å². The highest BCUT2D eigenvalue weighted by molar-refractivity contribution is 5.94. The van der Waals surface area contributed by atoms with E-state index in [0.29, 0.717) is 12.1 Å². The zero-order valence-electron chi connectivity index (χ0n) is 13.3. The number of piperazine rings is 1. The average Bonchev–Trinajstić information content (AvgIpc) is 2.61. The molecule has 1 aliphatic heterocycles. The Morgan fingerprint density at radius 3 is 2.74 bits per heavy atom. The molecule has 2 aromatic rings. The van der Waals surface area contributed by atoms with Crippen LogP contribution in [0.4, 0.5) is 5.69 Å². The summed E-state index contributed by atoms with van der Waals surface area (Å²) in [4.78, 5) is 25.1. The van der Waals surface area contributed by atoms with Gasteiger partial charge in [0.2, 0.25) is 0 Å². The summed E-state index contributed by atoms with van der Waals surface area (Å²) in [5.74, 6) is -0.114. The summed E-state index contributed by atoms with van der Waals surface area (Å²) in [5, 5.41) is 2.91. The van der Waals surface area contributed by atoms with Crippen LogP contribution in [0.25, 0.3) is 0 Å². The van der Waals surface area contributed by atoms with Crippen LogP contribution >= 0.6 is 0 Å². The third kappa shape index (κ3) is 4.04. The number of nitrogens with one attached hydrogen (secondary N) is 1. The van der Waals surface area contributed by atoms with E-state index in [4.69, 9.17) is 0 Å². The largest absolute Gasteiger partial charge is 0.368 e. The minimum Gasteiger partial charge on any atom is -0.368 e. The molecule has 1 aliphatic rings. The number of aromatic nitrogens is 2. The van der Waals surface area contributed by atoms with Crippen LogP contribution in [0.15, 0.2) is 43.0 Å². The lowest BCUT2D eigenvalue weighted by Crippen LogP contribution is -2.44. The first kappa shape index (κ1) is 15.4. The fourth-order valence-corrected chi connectivity index (χ4v) is 2.58. The van der Waals surface area contributed by atoms with Gasteiger partial charge in [-0.25, -0.2) is 0 Å². The van der Waals surface area contributed by atoms with E-state index in [1.165, 1.54) is 0 Å². The van der Waals surface area contributed by atoms with Crippen LogP contribution in [-0.2, 0) is 6.54 Å². The molecule has 0 aliphatic carbocycles. The van der Waals surface area contributed by atoms with Gasteiger partial charge in [-0.15, -0.1) is 0 Å². The molecule has 0 atom stereocenters. The van der Waals surface area contributed by atoms with Crippen molar-refractivity contribution in [1.82, 2.24) is 20.2 Å². The summed E-state index contributed by atoms with van der Waals surface area (Å²) < 4.78 is 0. The van der Waals surface area contributed by atoms with Crippen LogP contribution < -0.4 is 10.2 Å². The quantitative estimate of drug-likeness (QED) is 0.918. The van der Waals surface area contributed by atoms with Crippen molar-refractivity contribution in [1.29, 1.82) is 0 Å². The topological polar surface area (TPSA) is 61.4 Å². The van der Waals surface area contributed by atoms with Crippen molar-refractivity contribution < 1.29 is 4.79 Å². The normalized spacial score (nSPS) is 15.4. The molecular formula is C17H21N5O. The van der Waals surface area contributed by atoms with E-state index in [0.717, 1.165) is 37.4 Å². The van der Waals surface area contributed by atoms with Crippen molar-refractivity contribution in [2.75, 3.05) is 38.1 Å². The van der Waals surface area contributed by atoms with E-state index in [1.807, 2.05) is 24.4 Å². The smallest absolute Gasteiger partial charge is 0.253 e. The Kier molecular flexibility index (Phi) is 4.83. The first-order valence-electron chi connectivity index (χ1n) is 7.78. The molecule has 1 N–H and O–H groups in total. The SMILES string of the molecule is CN1CCN(c2cncc(C(=O)NCc3cccnc3)c2)CC1. The van der Waals surface area contributed by atoms with Crippen LogP contribution in [0.5, 0.6) is 0 Å². The van der Waals surface area contributed by atoms with Crippen LogP contribution in [0.1, 0.15) is 15.9 Å². The second kappa shape index (κ2) is 7.19. The van der Waals surface area contributed by atoms with Crippen molar-refractivity contribution >= 4 is 11.6 Å². The Hall–Kier alpha value is -2.47. The number of rotatable bonds is 4. The number of carbonyl (C=O) groups excluding carboxylic acids is 1. The minimum atomic E-state index is -0.114. The molecule has 6 nitrogen and oxygen atoms in total. The van der Waals surface area contributed by atoms with E-state index < -0.39 is 0 Å². The molecule has 1 saturated heterocycles. The predicted molar refractivity (Wildman–Crippen MR) is 89.4 cm³/mol. The lowest BCUT2D eigenvalue weighted by molar-refractivity contribution is 0.0950. The summed E-state index contributed by atoms with van der Waals surface area (Å²) in [7, 11) is 2.12. The minimum absolute atomic E-state index is 0.114. The standard InChI is InChI=1S/C17H21N5O/c1-21-5-7-22(8-6-21)16-9-15(12-19-13-16)17(23)20-11-14-3-2-4-18-10-14/h2-4,9-10,12-13H,5-8,11H2,1H3,(H,20,23). The maximum Gasteiger partial charge on any atom is 0.253 e. The maximum atomic E-state index is 12.3. The Balaban J connectivity index is 1.63. The Labute approximate surface area is 136 Å². The van der Waals surface area contributed by atoms with Gasteiger partial charge in [-0.05, 0) is 24.7 Å². The van der Waals surface area contributed by atoms with Crippen LogP contribution in [0.3, 0.4) is 0 Å². The molecule has 1 amide bonds. The van der Waals surface area contributed by atoms with Crippen LogP contribution in [0, 0.1) is 0 Å². The van der Waals surface area contributed by atoms with Gasteiger partial charge in [0.05, 0.1) is 17.4 Å². The van der Waals surface area contributed by atoms with Gasteiger partial charge in [0.25, 0.3) is 5.91 Å². The number of likely N-dealkylation sites (N-methyl/N-ethyl adjacent to an activating group) is 1. The van der Waals surface area contributed by atoms with Crippen molar-refractivity contribution in [3.8, 4) is 0 Å². The summed E-state index contributed by atoms with van der Waals surface area (Å²) in [6.07, 6.45) is 6.90. The molecule has 0 unspecified atom stereocenters. The molecule has 1 fully saturated rings. The molecule has 0 spiro atoms. The first-order valence-corrected chi connectivity index (χ1v) is 7.78. The summed E-state index contributed by atoms with van der Waals surface area (Å²) in [6, 6.07) is 5.71. The zero-order chi connectivity index (χ0) is 16.1. The molecule has 0 aromatic carbocycles. The Morgan fingerprint density at radius 1 is 1.17 bits per heavy atom. The molecule has 120 valence electrons. The molecule has 3 rings (SSSR count). The zero-order valence-corrected chi connectivity index (χ0v) is 13.3. The lowest BCUT2D eigenvalue weighted by atomic mass is 10.2. The molecule has 6 heteroatoms. The summed E-state index contributed by atoms with van der Waals surface area (Å²) >= 11 is 0. The van der Waals surface area contributed by atoms with Crippen molar-refractivity contribution in [3.63, 3.8) is 0 Å². The number of pyridine rings is 2. The monoisotopic (exact) mass is 311 g/mol. The molecule has 23 heavy (non-hydrogen) atoms. The second-order valence-electron chi connectivity index (χ2n) is 5.77. The maximum absolute atomic E-state index is 12.3. The van der Waals surface area contributed by atoms with Crippen LogP contribution in [-0.4, -0.2) is 54.0 Å². The molecule has 0 saturated carbocycles. The summed E-state index contributed by atoms with van der Waals surface area (Å²) in [5.41, 5.74) is 2.57. The molecule has 0 radical (unpaired) electrons. The van der Waals surface area contributed by atoms with Crippen molar-refractivity contribution in [3.05, 3.63) is 54.1 Å². The van der Waals surface area contributed by atoms with Gasteiger partial charge in [0.15, 0.2) is 0 Å². The number of hydrogen-bond acceptors (Lipinski definition) is 5. The van der Waals surface area contributed by atoms with E-state index in [1.54, 1.807) is 18.6 Å². The van der Waals surface area contributed by atoms with Gasteiger partial charge < -0.3 is 15.1 Å². The highest BCUT2D eigenvalue weighted by Gasteiger charge is 2.16. The number of carbonyl (C=O) groups is 1. The third-order valence-electron chi connectivity index (χ3n) is 4.03. The average molecular weight is 311 g/mol. The Bertz CT molecular complexity index is 653. The van der Waals surface area contributed by atoms with E-state index in [2.05, 4.69) is 32.1 Å². The fourth-order valence-electron chi connectivity index (χ4n) is 2.58. The number of amides is 1. The molecule has 2 aromatic heterocycles. The lowest BCUT2D eigenvalue weighted by Gasteiger charge is -2.33. The van der Waals surface area contributed by atoms with Crippen molar-refractivity contribution in [2.24, 2.45) is 0 Å². The van der Waals surface area contributed by atoms with Gasteiger partial charge in [-0.1, -0.05) is 6.07 Å². The van der Waals surface area contributed by atoms with E-state index >= 15 is 0 Å². The third-order valence-corrected chi connectivity index (χ3v) is 4.03. The van der Waals surface area contributed by atoms with Gasteiger partial charge in [0.1, 0.15) is 0 Å². The first-order chi connectivity index (χ1) is 11.2. The second-order valence-corrected chi connectivity index (χ2v) is 5.77. The van der Waals surface area contributed by atoms with Gasteiger partial charge in [0, 0.05) is 51.3 Å². The van der Waals surface area contributed by atoms with Gasteiger partial charge in [-0.3, -0.25) is 14.8 Å². The van der Waals surface area contributed by atoms with Gasteiger partial charge >= 0.3 is 0 Å². The highest BCUT2D eigenvalue weighted by atomic mass is 16.1. The van der Waals surface area contributed by atoms with Gasteiger partial charge in [-0.2, -0.15) is 0 Å². The van der Waals surface area contributed by atoms with Crippen LogP contribution in [0.2, 0.25) is 0 Å². The van der Waals surface area contributed by atoms with E-state index in [9.17, 15) is 4.79 Å². The fraction of sp³-hybridized carbons (Fsp3) is 0.353. The van der Waals surface area contributed by atoms with E-state index in [-0.39, 0.29) is 5.91 Å².